The van der Waals surface area contributed by atoms with Crippen LogP contribution < -0.4 is 0 Å². The van der Waals surface area contributed by atoms with Gasteiger partial charge in [-0.25, -0.2) is 8.42 Å². The van der Waals surface area contributed by atoms with E-state index in [9.17, 15) is 8.42 Å². The molecule has 152 valence electrons. The summed E-state index contributed by atoms with van der Waals surface area (Å²) in [5.74, 6) is 1.64. The Hall–Kier alpha value is -1.68. The molecule has 1 aliphatic carbocycles. The Morgan fingerprint density at radius 2 is 1.79 bits per heavy atom. The summed E-state index contributed by atoms with van der Waals surface area (Å²) >= 11 is 0. The zero-order valence-corrected chi connectivity index (χ0v) is 18.2. The van der Waals surface area contributed by atoms with E-state index in [0.29, 0.717) is 17.6 Å². The van der Waals surface area contributed by atoms with Crippen LogP contribution in [0.4, 0.5) is 0 Å². The van der Waals surface area contributed by atoms with E-state index >= 15 is 0 Å². The van der Waals surface area contributed by atoms with Gasteiger partial charge in [-0.2, -0.15) is 0 Å². The van der Waals surface area contributed by atoms with Crippen LogP contribution in [0.25, 0.3) is 11.3 Å². The molecule has 1 aliphatic rings. The number of sulfone groups is 1. The van der Waals surface area contributed by atoms with E-state index < -0.39 is 9.84 Å². The first-order valence-electron chi connectivity index (χ1n) is 10.5. The Kier molecular flexibility index (Phi) is 6.59. The van der Waals surface area contributed by atoms with E-state index in [-0.39, 0.29) is 11.2 Å². The minimum atomic E-state index is -2.86. The van der Waals surface area contributed by atoms with Crippen molar-refractivity contribution in [2.24, 2.45) is 17.3 Å². The average molecular weight is 400 g/mol. The van der Waals surface area contributed by atoms with E-state index in [1.165, 1.54) is 11.1 Å². The lowest BCUT2D eigenvalue weighted by atomic mass is 9.66. The van der Waals surface area contributed by atoms with Crippen LogP contribution in [0.15, 0.2) is 48.7 Å². The molecule has 4 heteroatoms. The molecule has 0 aliphatic heterocycles. The fourth-order valence-electron chi connectivity index (χ4n) is 4.63. The second-order valence-electron chi connectivity index (χ2n) is 9.00. The van der Waals surface area contributed by atoms with Crippen LogP contribution in [-0.4, -0.2) is 24.9 Å². The van der Waals surface area contributed by atoms with Gasteiger partial charge in [-0.05, 0) is 73.1 Å². The van der Waals surface area contributed by atoms with Gasteiger partial charge in [-0.1, -0.05) is 45.0 Å². The molecular weight excluding hydrogens is 366 g/mol. The fraction of sp³-hybridized carbons (Fsp3) is 0.542. The number of nitrogens with zero attached hydrogens (tertiary/aromatic N) is 1. The summed E-state index contributed by atoms with van der Waals surface area (Å²) in [6.45, 7) is 6.49. The molecule has 0 amide bonds. The maximum absolute atomic E-state index is 11.9. The summed E-state index contributed by atoms with van der Waals surface area (Å²) in [5.41, 5.74) is 3.74. The molecule has 2 aromatic rings. The molecule has 0 N–H and O–H groups in total. The predicted octanol–water partition coefficient (Wildman–Crippen LogP) is 5.56. The molecule has 28 heavy (non-hydrogen) atoms. The van der Waals surface area contributed by atoms with Gasteiger partial charge in [-0.15, -0.1) is 0 Å². The minimum Gasteiger partial charge on any atom is -0.256 e. The highest BCUT2D eigenvalue weighted by atomic mass is 32.2. The Morgan fingerprint density at radius 1 is 1.04 bits per heavy atom. The monoisotopic (exact) mass is 399 g/mol. The first-order chi connectivity index (χ1) is 13.3. The second-order valence-corrected chi connectivity index (χ2v) is 11.4. The molecule has 1 heterocycles. The largest absolute Gasteiger partial charge is 0.256 e. The lowest BCUT2D eigenvalue weighted by Gasteiger charge is -2.39. The third-order valence-corrected chi connectivity index (χ3v) is 8.29. The van der Waals surface area contributed by atoms with Crippen LogP contribution in [0.1, 0.15) is 52.0 Å². The molecule has 3 rings (SSSR count). The smallest absolute Gasteiger partial charge is 0.150 e. The van der Waals surface area contributed by atoms with Crippen LogP contribution in [-0.2, 0) is 16.3 Å². The van der Waals surface area contributed by atoms with Crippen molar-refractivity contribution in [1.82, 2.24) is 4.98 Å². The normalized spacial score (nSPS) is 20.8. The number of rotatable bonds is 7. The Bertz CT molecular complexity index is 866. The number of pyridine rings is 1. The third kappa shape index (κ3) is 5.44. The van der Waals surface area contributed by atoms with Crippen molar-refractivity contribution in [3.8, 4) is 11.3 Å². The highest BCUT2D eigenvalue weighted by molar-refractivity contribution is 7.91. The topological polar surface area (TPSA) is 47.0 Å². The maximum atomic E-state index is 11.9. The molecule has 1 saturated carbocycles. The molecule has 1 aromatic heterocycles. The standard InChI is InChI=1S/C24H33NO2S/c1-4-28(26,27)18-19-11-13-22(14-12-19)24(2,3)17-20-8-7-9-21(16-20)23-10-5-6-15-25-23/h5-10,15-16,19,22H,4,11-14,17-18H2,1-3H3. The zero-order valence-electron chi connectivity index (χ0n) is 17.4. The number of aromatic nitrogens is 1. The van der Waals surface area contributed by atoms with Crippen LogP contribution in [0.3, 0.4) is 0 Å². The summed E-state index contributed by atoms with van der Waals surface area (Å²) in [7, 11) is -2.86. The molecule has 0 atom stereocenters. The number of hydrogen-bond acceptors (Lipinski definition) is 3. The van der Waals surface area contributed by atoms with Gasteiger partial charge in [0.25, 0.3) is 0 Å². The van der Waals surface area contributed by atoms with Gasteiger partial charge in [0.05, 0.1) is 11.4 Å². The highest BCUT2D eigenvalue weighted by Crippen LogP contribution is 2.42. The Labute approximate surface area is 170 Å². The van der Waals surface area contributed by atoms with E-state index in [2.05, 4.69) is 49.2 Å². The van der Waals surface area contributed by atoms with E-state index in [1.54, 1.807) is 6.92 Å². The molecule has 0 spiro atoms. The van der Waals surface area contributed by atoms with Crippen molar-refractivity contribution in [2.45, 2.75) is 52.9 Å². The van der Waals surface area contributed by atoms with Crippen LogP contribution in [0, 0.1) is 17.3 Å². The van der Waals surface area contributed by atoms with Gasteiger partial charge < -0.3 is 0 Å². The van der Waals surface area contributed by atoms with E-state index in [4.69, 9.17) is 0 Å². The second kappa shape index (κ2) is 8.77. The zero-order chi connectivity index (χ0) is 20.2. The lowest BCUT2D eigenvalue weighted by molar-refractivity contribution is 0.138. The third-order valence-electron chi connectivity index (χ3n) is 6.43. The van der Waals surface area contributed by atoms with E-state index in [1.807, 2.05) is 18.3 Å². The number of hydrogen-bond donors (Lipinski definition) is 0. The quantitative estimate of drug-likeness (QED) is 0.612. The molecular formula is C24H33NO2S. The van der Waals surface area contributed by atoms with E-state index in [0.717, 1.165) is 37.8 Å². The SMILES string of the molecule is CCS(=O)(=O)CC1CCC(C(C)(C)Cc2cccc(-c3ccccn3)c2)CC1. The molecule has 0 unspecified atom stereocenters. The van der Waals surface area contributed by atoms with Crippen molar-refractivity contribution in [2.75, 3.05) is 11.5 Å². The van der Waals surface area contributed by atoms with Gasteiger partial charge in [0.1, 0.15) is 9.84 Å². The average Bonchev–Trinajstić information content (AvgIpc) is 2.69. The lowest BCUT2D eigenvalue weighted by Crippen LogP contribution is -2.32. The van der Waals surface area contributed by atoms with Gasteiger partial charge in [-0.3, -0.25) is 4.98 Å². The summed E-state index contributed by atoms with van der Waals surface area (Å²) in [6, 6.07) is 14.8. The van der Waals surface area contributed by atoms with Crippen LogP contribution in [0.5, 0.6) is 0 Å². The first-order valence-corrected chi connectivity index (χ1v) is 12.3. The molecule has 0 saturated heterocycles. The first kappa shape index (κ1) is 21.0. The predicted molar refractivity (Wildman–Crippen MR) is 117 cm³/mol. The minimum absolute atomic E-state index is 0.206. The summed E-state index contributed by atoms with van der Waals surface area (Å²) in [4.78, 5) is 4.47. The van der Waals surface area contributed by atoms with Crippen LogP contribution in [0.2, 0.25) is 0 Å². The molecule has 3 nitrogen and oxygen atoms in total. The number of benzene rings is 1. The van der Waals surface area contributed by atoms with Gasteiger partial charge in [0.2, 0.25) is 0 Å². The summed E-state index contributed by atoms with van der Waals surface area (Å²) in [5, 5.41) is 0. The molecule has 1 aromatic carbocycles. The fourth-order valence-corrected chi connectivity index (χ4v) is 5.92. The Balaban J connectivity index is 1.63. The van der Waals surface area contributed by atoms with Gasteiger partial charge in [0.15, 0.2) is 0 Å². The molecule has 0 bridgehead atoms. The Morgan fingerprint density at radius 3 is 2.43 bits per heavy atom. The van der Waals surface area contributed by atoms with Crippen molar-refractivity contribution in [3.05, 3.63) is 54.2 Å². The summed E-state index contributed by atoms with van der Waals surface area (Å²) in [6.07, 6.45) is 7.23. The molecule has 0 radical (unpaired) electrons. The van der Waals surface area contributed by atoms with Crippen molar-refractivity contribution in [3.63, 3.8) is 0 Å². The summed E-state index contributed by atoms with van der Waals surface area (Å²) < 4.78 is 23.9. The van der Waals surface area contributed by atoms with Crippen molar-refractivity contribution in [1.29, 1.82) is 0 Å². The molecule has 1 fully saturated rings. The highest BCUT2D eigenvalue weighted by Gasteiger charge is 2.34. The van der Waals surface area contributed by atoms with Gasteiger partial charge in [0, 0.05) is 17.5 Å². The maximum Gasteiger partial charge on any atom is 0.150 e. The van der Waals surface area contributed by atoms with Crippen LogP contribution >= 0.6 is 0 Å². The van der Waals surface area contributed by atoms with Gasteiger partial charge >= 0.3 is 0 Å². The van der Waals surface area contributed by atoms with Crippen molar-refractivity contribution < 1.29 is 8.42 Å². The van der Waals surface area contributed by atoms with Crippen molar-refractivity contribution >= 4 is 9.84 Å².